The predicted octanol–water partition coefficient (Wildman–Crippen LogP) is 0.454. The van der Waals surface area contributed by atoms with Crippen LogP contribution in [0.25, 0.3) is 0 Å². The van der Waals surface area contributed by atoms with Gasteiger partial charge in [0.1, 0.15) is 11.8 Å². The van der Waals surface area contributed by atoms with E-state index in [9.17, 15) is 14.4 Å². The van der Waals surface area contributed by atoms with Crippen LogP contribution in [0.1, 0.15) is 24.2 Å². The van der Waals surface area contributed by atoms with E-state index in [-0.39, 0.29) is 37.4 Å². The molecule has 0 saturated carbocycles. The third-order valence-corrected chi connectivity index (χ3v) is 3.80. The third kappa shape index (κ3) is 3.34. The molecular weight excluding hydrogens is 300 g/mol. The highest BCUT2D eigenvalue weighted by molar-refractivity contribution is 6.05. The first kappa shape index (κ1) is 17.0. The van der Waals surface area contributed by atoms with Gasteiger partial charge in [-0.1, -0.05) is 0 Å². The van der Waals surface area contributed by atoms with Crippen molar-refractivity contribution in [2.45, 2.75) is 19.9 Å². The number of ketones is 1. The van der Waals surface area contributed by atoms with E-state index < -0.39 is 6.04 Å². The van der Waals surface area contributed by atoms with Crippen molar-refractivity contribution in [3.63, 3.8) is 0 Å². The fraction of sp³-hybridized carbons (Fsp3) is 0.438. The third-order valence-electron chi connectivity index (χ3n) is 3.80. The normalized spacial score (nSPS) is 14.8. The Kier molecular flexibility index (Phi) is 5.00. The number of aliphatic hydroxyl groups is 1. The van der Waals surface area contributed by atoms with Gasteiger partial charge in [0.15, 0.2) is 12.4 Å². The fourth-order valence-electron chi connectivity index (χ4n) is 2.50. The van der Waals surface area contributed by atoms with Crippen molar-refractivity contribution in [1.82, 2.24) is 4.90 Å². The van der Waals surface area contributed by atoms with Gasteiger partial charge in [-0.2, -0.15) is 0 Å². The number of carbonyl (C=O) groups excluding carboxylic acids is 3. The minimum absolute atomic E-state index is 0.137. The van der Waals surface area contributed by atoms with E-state index in [1.807, 2.05) is 0 Å². The molecule has 23 heavy (non-hydrogen) atoms. The Labute approximate surface area is 134 Å². The van der Waals surface area contributed by atoms with Crippen molar-refractivity contribution >= 4 is 23.3 Å². The summed E-state index contributed by atoms with van der Waals surface area (Å²) in [7, 11) is 1.56. The number of ether oxygens (including phenoxy) is 1. The number of amides is 2. The van der Waals surface area contributed by atoms with Gasteiger partial charge in [0.2, 0.25) is 5.91 Å². The van der Waals surface area contributed by atoms with Crippen molar-refractivity contribution < 1.29 is 24.2 Å². The standard InChI is InChI=1S/C16H20N2O5/c1-10(16(22)17(3)6-7-19)18-13-8-12(11(2)20)4-5-14(13)23-9-15(18)21/h4-5,8,10,19H,6-7,9H2,1-3H3. The van der Waals surface area contributed by atoms with E-state index in [0.717, 1.165) is 0 Å². The van der Waals surface area contributed by atoms with Gasteiger partial charge < -0.3 is 14.7 Å². The maximum absolute atomic E-state index is 12.4. The molecule has 0 aliphatic carbocycles. The lowest BCUT2D eigenvalue weighted by molar-refractivity contribution is -0.134. The van der Waals surface area contributed by atoms with Gasteiger partial charge >= 0.3 is 0 Å². The number of fused-ring (bicyclic) bond motifs is 1. The van der Waals surface area contributed by atoms with Crippen LogP contribution in [-0.4, -0.2) is 60.5 Å². The van der Waals surface area contributed by atoms with Crippen molar-refractivity contribution in [2.24, 2.45) is 0 Å². The van der Waals surface area contributed by atoms with E-state index in [1.165, 1.54) is 16.7 Å². The first-order valence-corrected chi connectivity index (χ1v) is 7.32. The Balaban J connectivity index is 2.39. The van der Waals surface area contributed by atoms with Crippen LogP contribution >= 0.6 is 0 Å². The number of carbonyl (C=O) groups is 3. The minimum atomic E-state index is -0.760. The van der Waals surface area contributed by atoms with E-state index in [2.05, 4.69) is 0 Å². The van der Waals surface area contributed by atoms with Crippen molar-refractivity contribution in [2.75, 3.05) is 31.7 Å². The predicted molar refractivity (Wildman–Crippen MR) is 83.6 cm³/mol. The Hall–Kier alpha value is -2.41. The monoisotopic (exact) mass is 320 g/mol. The van der Waals surface area contributed by atoms with Gasteiger partial charge in [-0.05, 0) is 32.0 Å². The molecule has 0 spiro atoms. The SMILES string of the molecule is CC(=O)c1ccc2c(c1)N(C(C)C(=O)N(C)CCO)C(=O)CO2. The topological polar surface area (TPSA) is 87.2 Å². The van der Waals surface area contributed by atoms with Crippen LogP contribution in [0.15, 0.2) is 18.2 Å². The van der Waals surface area contributed by atoms with Crippen LogP contribution in [0.2, 0.25) is 0 Å². The number of hydrogen-bond donors (Lipinski definition) is 1. The second-order valence-electron chi connectivity index (χ2n) is 5.45. The Morgan fingerprint density at radius 2 is 2.13 bits per heavy atom. The van der Waals surface area contributed by atoms with Crippen LogP contribution in [-0.2, 0) is 9.59 Å². The molecule has 124 valence electrons. The fourth-order valence-corrected chi connectivity index (χ4v) is 2.50. The molecule has 0 aromatic heterocycles. The molecule has 0 bridgehead atoms. The van der Waals surface area contributed by atoms with E-state index >= 15 is 0 Å². The number of anilines is 1. The van der Waals surface area contributed by atoms with Crippen LogP contribution < -0.4 is 9.64 Å². The molecule has 1 N–H and O–H groups in total. The maximum Gasteiger partial charge on any atom is 0.265 e. The zero-order valence-corrected chi connectivity index (χ0v) is 13.4. The highest BCUT2D eigenvalue weighted by Crippen LogP contribution is 2.34. The summed E-state index contributed by atoms with van der Waals surface area (Å²) in [6.45, 7) is 2.91. The lowest BCUT2D eigenvalue weighted by atomic mass is 10.1. The molecule has 1 aromatic rings. The first-order chi connectivity index (χ1) is 10.9. The van der Waals surface area contributed by atoms with Crippen molar-refractivity contribution in [1.29, 1.82) is 0 Å². The molecule has 1 atom stereocenters. The molecule has 7 heteroatoms. The van der Waals surface area contributed by atoms with Gasteiger partial charge in [0, 0.05) is 19.2 Å². The smallest absolute Gasteiger partial charge is 0.265 e. The Morgan fingerprint density at radius 1 is 1.43 bits per heavy atom. The molecule has 1 aliphatic rings. The summed E-state index contributed by atoms with van der Waals surface area (Å²) in [5.74, 6) is -0.328. The summed E-state index contributed by atoms with van der Waals surface area (Å²) in [5.41, 5.74) is 0.850. The quantitative estimate of drug-likeness (QED) is 0.796. The molecular formula is C16H20N2O5. The van der Waals surface area contributed by atoms with Crippen molar-refractivity contribution in [3.8, 4) is 5.75 Å². The average Bonchev–Trinajstić information content (AvgIpc) is 2.53. The largest absolute Gasteiger partial charge is 0.482 e. The number of aliphatic hydroxyl groups excluding tert-OH is 1. The van der Waals surface area contributed by atoms with Crippen LogP contribution in [0.5, 0.6) is 5.75 Å². The van der Waals surface area contributed by atoms with Gasteiger partial charge in [-0.15, -0.1) is 0 Å². The van der Waals surface area contributed by atoms with E-state index in [1.54, 1.807) is 32.2 Å². The lowest BCUT2D eigenvalue weighted by Crippen LogP contribution is -2.52. The molecule has 1 aliphatic heterocycles. The average molecular weight is 320 g/mol. The number of benzene rings is 1. The van der Waals surface area contributed by atoms with E-state index in [0.29, 0.717) is 17.0 Å². The second kappa shape index (κ2) is 6.78. The minimum Gasteiger partial charge on any atom is -0.482 e. The Morgan fingerprint density at radius 3 is 2.74 bits per heavy atom. The van der Waals surface area contributed by atoms with Gasteiger partial charge in [-0.3, -0.25) is 19.3 Å². The zero-order chi connectivity index (χ0) is 17.1. The number of rotatable bonds is 5. The molecule has 0 radical (unpaired) electrons. The first-order valence-electron chi connectivity index (χ1n) is 7.32. The molecule has 0 fully saturated rings. The Bertz CT molecular complexity index is 643. The lowest BCUT2D eigenvalue weighted by Gasteiger charge is -2.35. The summed E-state index contributed by atoms with van der Waals surface area (Å²) >= 11 is 0. The second-order valence-corrected chi connectivity index (χ2v) is 5.45. The molecule has 1 unspecified atom stereocenters. The summed E-state index contributed by atoms with van der Waals surface area (Å²) in [5, 5.41) is 8.95. The zero-order valence-electron chi connectivity index (χ0n) is 13.4. The van der Waals surface area contributed by atoms with Crippen molar-refractivity contribution in [3.05, 3.63) is 23.8 Å². The molecule has 1 aromatic carbocycles. The molecule has 2 rings (SSSR count). The molecule has 7 nitrogen and oxygen atoms in total. The van der Waals surface area contributed by atoms with Gasteiger partial charge in [-0.25, -0.2) is 0 Å². The summed E-state index contributed by atoms with van der Waals surface area (Å²) in [6.07, 6.45) is 0. The summed E-state index contributed by atoms with van der Waals surface area (Å²) < 4.78 is 5.37. The van der Waals surface area contributed by atoms with E-state index in [4.69, 9.17) is 9.84 Å². The number of Topliss-reactive ketones (excluding diaryl/α,β-unsaturated/α-hetero) is 1. The molecule has 0 saturated heterocycles. The molecule has 1 heterocycles. The van der Waals surface area contributed by atoms with Gasteiger partial charge in [0.25, 0.3) is 5.91 Å². The van der Waals surface area contributed by atoms with Crippen LogP contribution in [0.3, 0.4) is 0 Å². The summed E-state index contributed by atoms with van der Waals surface area (Å²) in [4.78, 5) is 39.0. The summed E-state index contributed by atoms with van der Waals surface area (Å²) in [6, 6.07) is 4.05. The van der Waals surface area contributed by atoms with Crippen LogP contribution in [0, 0.1) is 0 Å². The maximum atomic E-state index is 12.4. The van der Waals surface area contributed by atoms with Crippen LogP contribution in [0.4, 0.5) is 5.69 Å². The highest BCUT2D eigenvalue weighted by atomic mass is 16.5. The number of likely N-dealkylation sites (N-methyl/N-ethyl adjacent to an activating group) is 1. The van der Waals surface area contributed by atoms with Gasteiger partial charge in [0.05, 0.1) is 12.3 Å². The molecule has 2 amide bonds. The number of nitrogens with zero attached hydrogens (tertiary/aromatic N) is 2. The number of hydrogen-bond acceptors (Lipinski definition) is 5. The highest BCUT2D eigenvalue weighted by Gasteiger charge is 2.34.